The molecule has 2 atom stereocenters. The average Bonchev–Trinajstić information content (AvgIpc) is 2.29. The summed E-state index contributed by atoms with van der Waals surface area (Å²) in [5, 5.41) is 15.0. The second kappa shape index (κ2) is 7.36. The van der Waals surface area contributed by atoms with E-state index in [2.05, 4.69) is 10.6 Å². The van der Waals surface area contributed by atoms with Crippen molar-refractivity contribution in [2.45, 2.75) is 33.1 Å². The Morgan fingerprint density at radius 1 is 1.44 bits per heavy atom. The molecule has 0 spiro atoms. The second-order valence-corrected chi connectivity index (χ2v) is 5.41. The molecule has 0 aromatic rings. The fourth-order valence-corrected chi connectivity index (χ4v) is 2.26. The van der Waals surface area contributed by atoms with E-state index in [1.165, 1.54) is 0 Å². The molecule has 0 aliphatic carbocycles. The lowest BCUT2D eigenvalue weighted by molar-refractivity contribution is -0.143. The molecule has 5 heteroatoms. The molecule has 0 aromatic heterocycles. The minimum atomic E-state index is -0.843. The molecule has 0 saturated carbocycles. The van der Waals surface area contributed by atoms with Crippen molar-refractivity contribution >= 4 is 11.9 Å². The van der Waals surface area contributed by atoms with Crippen molar-refractivity contribution in [1.29, 1.82) is 0 Å². The number of carboxylic acids is 1. The second-order valence-electron chi connectivity index (χ2n) is 5.41. The molecule has 5 nitrogen and oxygen atoms in total. The lowest BCUT2D eigenvalue weighted by Gasteiger charge is -2.23. The molecule has 0 radical (unpaired) electrons. The van der Waals surface area contributed by atoms with E-state index in [1.807, 2.05) is 13.8 Å². The van der Waals surface area contributed by atoms with Crippen molar-refractivity contribution in [3.8, 4) is 0 Å². The number of amides is 1. The minimum absolute atomic E-state index is 0.0270. The molecule has 0 aromatic carbocycles. The van der Waals surface area contributed by atoms with Crippen LogP contribution in [0.2, 0.25) is 0 Å². The van der Waals surface area contributed by atoms with E-state index >= 15 is 0 Å². The van der Waals surface area contributed by atoms with Gasteiger partial charge in [0, 0.05) is 13.0 Å². The Balaban J connectivity index is 2.28. The highest BCUT2D eigenvalue weighted by atomic mass is 16.4. The summed E-state index contributed by atoms with van der Waals surface area (Å²) in [6.45, 7) is 5.87. The first-order valence-electron chi connectivity index (χ1n) is 6.71. The standard InChI is InChI=1S/C13H24N2O3/c1-9(2)11(13(17)18)8-15-12(16)6-10-4-3-5-14-7-10/h9-11,14H,3-8H2,1-2H3,(H,15,16)(H,17,18). The van der Waals surface area contributed by atoms with Gasteiger partial charge >= 0.3 is 5.97 Å². The fraction of sp³-hybridized carbons (Fsp3) is 0.846. The Kier molecular flexibility index (Phi) is 6.12. The average molecular weight is 256 g/mol. The van der Waals surface area contributed by atoms with E-state index in [0.717, 1.165) is 25.9 Å². The number of carbonyl (C=O) groups excluding carboxylic acids is 1. The Morgan fingerprint density at radius 2 is 2.17 bits per heavy atom. The molecule has 1 saturated heterocycles. The number of hydrogen-bond donors (Lipinski definition) is 3. The third-order valence-electron chi connectivity index (χ3n) is 3.51. The molecule has 18 heavy (non-hydrogen) atoms. The molecule has 104 valence electrons. The Morgan fingerprint density at radius 3 is 2.67 bits per heavy atom. The number of rotatable bonds is 6. The van der Waals surface area contributed by atoms with Crippen molar-refractivity contribution in [3.05, 3.63) is 0 Å². The van der Waals surface area contributed by atoms with Gasteiger partial charge in [-0.2, -0.15) is 0 Å². The molecular formula is C13H24N2O3. The lowest BCUT2D eigenvalue weighted by atomic mass is 9.94. The molecule has 3 N–H and O–H groups in total. The van der Waals surface area contributed by atoms with E-state index in [-0.39, 0.29) is 18.4 Å². The highest BCUT2D eigenvalue weighted by molar-refractivity contribution is 5.77. The predicted octanol–water partition coefficient (Wildman–Crippen LogP) is 0.849. The zero-order valence-electron chi connectivity index (χ0n) is 11.2. The first-order valence-corrected chi connectivity index (χ1v) is 6.71. The maximum absolute atomic E-state index is 11.7. The molecule has 1 fully saturated rings. The maximum atomic E-state index is 11.7. The van der Waals surface area contributed by atoms with Crippen molar-refractivity contribution in [3.63, 3.8) is 0 Å². The van der Waals surface area contributed by atoms with Crippen LogP contribution in [-0.2, 0) is 9.59 Å². The van der Waals surface area contributed by atoms with E-state index in [9.17, 15) is 9.59 Å². The van der Waals surface area contributed by atoms with Gasteiger partial charge in [0.05, 0.1) is 5.92 Å². The largest absolute Gasteiger partial charge is 0.481 e. The summed E-state index contributed by atoms with van der Waals surface area (Å²) in [5.41, 5.74) is 0. The highest BCUT2D eigenvalue weighted by Crippen LogP contribution is 2.14. The van der Waals surface area contributed by atoms with Crippen LogP contribution in [-0.4, -0.2) is 36.6 Å². The lowest BCUT2D eigenvalue weighted by Crippen LogP contribution is -2.38. The number of carbonyl (C=O) groups is 2. The minimum Gasteiger partial charge on any atom is -0.481 e. The van der Waals surface area contributed by atoms with Gasteiger partial charge in [0.15, 0.2) is 0 Å². The zero-order valence-corrected chi connectivity index (χ0v) is 11.2. The monoisotopic (exact) mass is 256 g/mol. The van der Waals surface area contributed by atoms with Gasteiger partial charge in [-0.05, 0) is 37.8 Å². The highest BCUT2D eigenvalue weighted by Gasteiger charge is 2.23. The molecule has 1 heterocycles. The van der Waals surface area contributed by atoms with Crippen LogP contribution in [0.1, 0.15) is 33.1 Å². The van der Waals surface area contributed by atoms with Crippen LogP contribution in [0.15, 0.2) is 0 Å². The molecule has 2 unspecified atom stereocenters. The predicted molar refractivity (Wildman–Crippen MR) is 69.2 cm³/mol. The molecular weight excluding hydrogens is 232 g/mol. The van der Waals surface area contributed by atoms with E-state index in [0.29, 0.717) is 12.3 Å². The summed E-state index contributed by atoms with van der Waals surface area (Å²) in [7, 11) is 0. The topological polar surface area (TPSA) is 78.4 Å². The van der Waals surface area contributed by atoms with E-state index < -0.39 is 11.9 Å². The van der Waals surface area contributed by atoms with E-state index in [4.69, 9.17) is 5.11 Å². The van der Waals surface area contributed by atoms with Crippen LogP contribution in [0, 0.1) is 17.8 Å². The van der Waals surface area contributed by atoms with Gasteiger partial charge < -0.3 is 15.7 Å². The van der Waals surface area contributed by atoms with Crippen molar-refractivity contribution < 1.29 is 14.7 Å². The van der Waals surface area contributed by atoms with Crippen LogP contribution in [0.5, 0.6) is 0 Å². The SMILES string of the molecule is CC(C)C(CNC(=O)CC1CCCNC1)C(=O)O. The number of hydrogen-bond acceptors (Lipinski definition) is 3. The first kappa shape index (κ1) is 15.0. The number of aliphatic carboxylic acids is 1. The zero-order chi connectivity index (χ0) is 13.5. The summed E-state index contributed by atoms with van der Waals surface area (Å²) < 4.78 is 0. The first-order chi connectivity index (χ1) is 8.50. The van der Waals surface area contributed by atoms with Crippen LogP contribution in [0.3, 0.4) is 0 Å². The van der Waals surface area contributed by atoms with Crippen molar-refractivity contribution in [2.24, 2.45) is 17.8 Å². The number of carboxylic acid groups (broad SMARTS) is 1. The van der Waals surface area contributed by atoms with Gasteiger partial charge in [0.2, 0.25) is 5.91 Å². The van der Waals surface area contributed by atoms with Crippen molar-refractivity contribution in [2.75, 3.05) is 19.6 Å². The summed E-state index contributed by atoms with van der Waals surface area (Å²) >= 11 is 0. The Hall–Kier alpha value is -1.10. The third-order valence-corrected chi connectivity index (χ3v) is 3.51. The van der Waals surface area contributed by atoms with Gasteiger partial charge in [-0.1, -0.05) is 13.8 Å². The van der Waals surface area contributed by atoms with Crippen LogP contribution < -0.4 is 10.6 Å². The summed E-state index contributed by atoms with van der Waals surface area (Å²) in [6.07, 6.45) is 2.69. The molecule has 1 amide bonds. The van der Waals surface area contributed by atoms with Gasteiger partial charge in [0.1, 0.15) is 0 Å². The molecule has 1 aliphatic rings. The fourth-order valence-electron chi connectivity index (χ4n) is 2.26. The van der Waals surface area contributed by atoms with Gasteiger partial charge in [-0.15, -0.1) is 0 Å². The van der Waals surface area contributed by atoms with Gasteiger partial charge in [-0.25, -0.2) is 0 Å². The van der Waals surface area contributed by atoms with Gasteiger partial charge in [-0.3, -0.25) is 9.59 Å². The molecule has 1 aliphatic heterocycles. The smallest absolute Gasteiger partial charge is 0.308 e. The number of piperidine rings is 1. The quantitative estimate of drug-likeness (QED) is 0.658. The molecule has 0 bridgehead atoms. The van der Waals surface area contributed by atoms with Gasteiger partial charge in [0.25, 0.3) is 0 Å². The van der Waals surface area contributed by atoms with E-state index in [1.54, 1.807) is 0 Å². The Labute approximate surface area is 108 Å². The maximum Gasteiger partial charge on any atom is 0.308 e. The van der Waals surface area contributed by atoms with Crippen LogP contribution in [0.25, 0.3) is 0 Å². The summed E-state index contributed by atoms with van der Waals surface area (Å²) in [4.78, 5) is 22.7. The van der Waals surface area contributed by atoms with Crippen LogP contribution in [0.4, 0.5) is 0 Å². The molecule has 1 rings (SSSR count). The third kappa shape index (κ3) is 5.04. The van der Waals surface area contributed by atoms with Crippen LogP contribution >= 0.6 is 0 Å². The van der Waals surface area contributed by atoms with Crippen molar-refractivity contribution in [1.82, 2.24) is 10.6 Å². The Bertz CT molecular complexity index is 286. The normalized spacial score (nSPS) is 21.6. The number of nitrogens with one attached hydrogen (secondary N) is 2. The summed E-state index contributed by atoms with van der Waals surface area (Å²) in [6, 6.07) is 0. The summed E-state index contributed by atoms with van der Waals surface area (Å²) in [5.74, 6) is -0.959.